The Balaban J connectivity index is 1.65. The van der Waals surface area contributed by atoms with Gasteiger partial charge < -0.3 is 9.84 Å². The van der Waals surface area contributed by atoms with Gasteiger partial charge in [-0.1, -0.05) is 29.4 Å². The molecule has 0 spiro atoms. The molecule has 0 saturated carbocycles. The summed E-state index contributed by atoms with van der Waals surface area (Å²) in [7, 11) is -3.57. The zero-order valence-corrected chi connectivity index (χ0v) is 15.9. The Morgan fingerprint density at radius 1 is 1.15 bits per heavy atom. The summed E-state index contributed by atoms with van der Waals surface area (Å²) in [6.45, 7) is 3.74. The topological polar surface area (TPSA) is 101 Å². The minimum absolute atomic E-state index is 0.0872. The van der Waals surface area contributed by atoms with Crippen molar-refractivity contribution >= 4 is 26.9 Å². The van der Waals surface area contributed by atoms with Crippen LogP contribution in [0.2, 0.25) is 0 Å². The van der Waals surface area contributed by atoms with E-state index in [4.69, 9.17) is 4.52 Å². The van der Waals surface area contributed by atoms with Crippen LogP contribution in [0, 0.1) is 0 Å². The molecule has 8 heteroatoms. The fourth-order valence-electron chi connectivity index (χ4n) is 2.68. The highest BCUT2D eigenvalue weighted by Crippen LogP contribution is 2.18. The van der Waals surface area contributed by atoms with Crippen molar-refractivity contribution in [2.24, 2.45) is 0 Å². The third kappa shape index (κ3) is 4.72. The summed E-state index contributed by atoms with van der Waals surface area (Å²) in [6.07, 6.45) is 0.0872. The minimum Gasteiger partial charge on any atom is -0.356 e. The Hall–Kier alpha value is -2.71. The molecule has 0 fully saturated rings. The van der Waals surface area contributed by atoms with E-state index in [-0.39, 0.29) is 29.8 Å². The molecule has 0 aliphatic carbocycles. The molecule has 2 N–H and O–H groups in total. The van der Waals surface area contributed by atoms with E-state index in [2.05, 4.69) is 15.2 Å². The summed E-state index contributed by atoms with van der Waals surface area (Å²) < 4.78 is 32.2. The van der Waals surface area contributed by atoms with Gasteiger partial charge in [-0.2, -0.15) is 0 Å². The van der Waals surface area contributed by atoms with Gasteiger partial charge in [0.15, 0.2) is 5.58 Å². The molecule has 27 heavy (non-hydrogen) atoms. The molecule has 0 atom stereocenters. The maximum Gasteiger partial charge on any atom is 0.240 e. The van der Waals surface area contributed by atoms with E-state index in [1.165, 1.54) is 6.07 Å². The summed E-state index contributed by atoms with van der Waals surface area (Å²) in [4.78, 5) is 12.4. The Morgan fingerprint density at radius 2 is 1.93 bits per heavy atom. The molecule has 0 aliphatic heterocycles. The smallest absolute Gasteiger partial charge is 0.240 e. The van der Waals surface area contributed by atoms with Crippen molar-refractivity contribution in [2.75, 3.05) is 0 Å². The highest BCUT2D eigenvalue weighted by molar-refractivity contribution is 7.89. The Bertz CT molecular complexity index is 1060. The van der Waals surface area contributed by atoms with Gasteiger partial charge in [0.25, 0.3) is 0 Å². The van der Waals surface area contributed by atoms with Crippen LogP contribution in [0.15, 0.2) is 57.9 Å². The van der Waals surface area contributed by atoms with Crippen LogP contribution in [0.25, 0.3) is 11.0 Å². The maximum atomic E-state index is 12.3. The zero-order valence-electron chi connectivity index (χ0n) is 15.1. The van der Waals surface area contributed by atoms with Gasteiger partial charge in [-0.25, -0.2) is 13.1 Å². The first-order chi connectivity index (χ1) is 12.8. The molecule has 0 saturated heterocycles. The molecule has 1 aromatic heterocycles. The predicted molar refractivity (Wildman–Crippen MR) is 101 cm³/mol. The first-order valence-electron chi connectivity index (χ1n) is 8.56. The van der Waals surface area contributed by atoms with Crippen molar-refractivity contribution in [3.8, 4) is 0 Å². The zero-order chi connectivity index (χ0) is 19.4. The number of nitrogens with one attached hydrogen (secondary N) is 2. The second kappa shape index (κ2) is 7.89. The monoisotopic (exact) mass is 387 g/mol. The molecule has 0 aliphatic rings. The second-order valence-electron chi connectivity index (χ2n) is 6.50. The fourth-order valence-corrected chi connectivity index (χ4v) is 4.00. The molecule has 3 aromatic rings. The lowest BCUT2D eigenvalue weighted by molar-refractivity contribution is -0.120. The lowest BCUT2D eigenvalue weighted by Crippen LogP contribution is -2.30. The summed E-state index contributed by atoms with van der Waals surface area (Å²) >= 11 is 0. The van der Waals surface area contributed by atoms with Crippen molar-refractivity contribution in [1.82, 2.24) is 15.2 Å². The summed E-state index contributed by atoms with van der Waals surface area (Å²) in [5, 5.41) is 7.53. The number of benzene rings is 2. The fraction of sp³-hybridized carbons (Fsp3) is 0.263. The van der Waals surface area contributed by atoms with E-state index in [0.29, 0.717) is 16.8 Å². The minimum atomic E-state index is -3.57. The van der Waals surface area contributed by atoms with Crippen LogP contribution < -0.4 is 10.0 Å². The van der Waals surface area contributed by atoms with E-state index in [1.807, 2.05) is 18.2 Å². The number of carbonyl (C=O) groups excluding carboxylic acids is 1. The van der Waals surface area contributed by atoms with Crippen molar-refractivity contribution in [2.45, 2.75) is 37.8 Å². The van der Waals surface area contributed by atoms with Crippen molar-refractivity contribution < 1.29 is 17.7 Å². The number of amides is 1. The van der Waals surface area contributed by atoms with Crippen LogP contribution in [0.5, 0.6) is 0 Å². The van der Waals surface area contributed by atoms with Gasteiger partial charge in [-0.15, -0.1) is 0 Å². The van der Waals surface area contributed by atoms with E-state index < -0.39 is 10.0 Å². The number of aromatic nitrogens is 1. The third-order valence-electron chi connectivity index (χ3n) is 3.87. The van der Waals surface area contributed by atoms with Crippen LogP contribution >= 0.6 is 0 Å². The van der Waals surface area contributed by atoms with Crippen LogP contribution in [0.1, 0.15) is 25.1 Å². The number of sulfonamides is 1. The average Bonchev–Trinajstić information content (AvgIpc) is 3.02. The van der Waals surface area contributed by atoms with E-state index >= 15 is 0 Å². The van der Waals surface area contributed by atoms with Gasteiger partial charge in [-0.05, 0) is 43.7 Å². The van der Waals surface area contributed by atoms with Crippen LogP contribution in [0.3, 0.4) is 0 Å². The summed E-state index contributed by atoms with van der Waals surface area (Å²) in [6, 6.07) is 13.6. The average molecular weight is 387 g/mol. The molecule has 0 bridgehead atoms. The number of fused-ring (bicyclic) bond motifs is 1. The standard InChI is InChI=1S/C19H21N3O4S/c1-13(2)22-27(24,25)15-7-5-6-14(10-15)12-20-19(23)11-17-16-8-3-4-9-18(16)26-21-17/h3-10,13,22H,11-12H2,1-2H3,(H,20,23). The van der Waals surface area contributed by atoms with Crippen molar-refractivity contribution in [3.05, 3.63) is 59.8 Å². The first-order valence-corrected chi connectivity index (χ1v) is 10.0. The van der Waals surface area contributed by atoms with Gasteiger partial charge in [-0.3, -0.25) is 4.79 Å². The summed E-state index contributed by atoms with van der Waals surface area (Å²) in [5.74, 6) is -0.220. The molecule has 1 amide bonds. The molecule has 0 radical (unpaired) electrons. The molecular weight excluding hydrogens is 366 g/mol. The molecule has 142 valence electrons. The number of hydrogen-bond donors (Lipinski definition) is 2. The number of rotatable bonds is 7. The van der Waals surface area contributed by atoms with Crippen LogP contribution in [0.4, 0.5) is 0 Å². The third-order valence-corrected chi connectivity index (χ3v) is 5.53. The van der Waals surface area contributed by atoms with Gasteiger partial charge >= 0.3 is 0 Å². The van der Waals surface area contributed by atoms with Crippen LogP contribution in [-0.2, 0) is 27.8 Å². The Morgan fingerprint density at radius 3 is 2.70 bits per heavy atom. The van der Waals surface area contributed by atoms with Crippen molar-refractivity contribution in [3.63, 3.8) is 0 Å². The first kappa shape index (κ1) is 19.1. The normalized spacial score (nSPS) is 11.8. The van der Waals surface area contributed by atoms with Gasteiger partial charge in [0, 0.05) is 18.0 Å². The lowest BCUT2D eigenvalue weighted by atomic mass is 10.1. The summed E-state index contributed by atoms with van der Waals surface area (Å²) in [5.41, 5.74) is 1.90. The molecule has 2 aromatic carbocycles. The maximum absolute atomic E-state index is 12.3. The molecule has 0 unspecified atom stereocenters. The van der Waals surface area contributed by atoms with Crippen molar-refractivity contribution in [1.29, 1.82) is 0 Å². The van der Waals surface area contributed by atoms with E-state index in [0.717, 1.165) is 5.39 Å². The van der Waals surface area contributed by atoms with E-state index in [9.17, 15) is 13.2 Å². The highest BCUT2D eigenvalue weighted by atomic mass is 32.2. The molecular formula is C19H21N3O4S. The predicted octanol–water partition coefficient (Wildman–Crippen LogP) is 2.37. The highest BCUT2D eigenvalue weighted by Gasteiger charge is 2.16. The molecule has 3 rings (SSSR count). The second-order valence-corrected chi connectivity index (χ2v) is 8.22. The number of nitrogens with zero attached hydrogens (tertiary/aromatic N) is 1. The molecule has 7 nitrogen and oxygen atoms in total. The van der Waals surface area contributed by atoms with E-state index in [1.54, 1.807) is 38.1 Å². The molecule has 1 heterocycles. The SMILES string of the molecule is CC(C)NS(=O)(=O)c1cccc(CNC(=O)Cc2noc3ccccc23)c1. The van der Waals surface area contributed by atoms with Gasteiger partial charge in [0.05, 0.1) is 11.3 Å². The van der Waals surface area contributed by atoms with Gasteiger partial charge in [0.1, 0.15) is 5.69 Å². The van der Waals surface area contributed by atoms with Crippen LogP contribution in [-0.4, -0.2) is 25.5 Å². The number of hydrogen-bond acceptors (Lipinski definition) is 5. The lowest BCUT2D eigenvalue weighted by Gasteiger charge is -2.11. The largest absolute Gasteiger partial charge is 0.356 e. The van der Waals surface area contributed by atoms with Gasteiger partial charge in [0.2, 0.25) is 15.9 Å². The Labute approximate surface area is 157 Å². The number of carbonyl (C=O) groups is 1. The number of para-hydroxylation sites is 1. The quantitative estimate of drug-likeness (QED) is 0.648. The Kier molecular flexibility index (Phi) is 5.57.